The van der Waals surface area contributed by atoms with Gasteiger partial charge >= 0.3 is 5.97 Å². The van der Waals surface area contributed by atoms with Crippen LogP contribution in [0.5, 0.6) is 0 Å². The van der Waals surface area contributed by atoms with Crippen molar-refractivity contribution in [3.05, 3.63) is 36.0 Å². The van der Waals surface area contributed by atoms with Crippen molar-refractivity contribution in [2.24, 2.45) is 53.3 Å². The number of rotatable bonds is 6. The van der Waals surface area contributed by atoms with Crippen molar-refractivity contribution < 1.29 is 63.7 Å². The van der Waals surface area contributed by atoms with E-state index in [4.69, 9.17) is 14.2 Å². The van der Waals surface area contributed by atoms with Gasteiger partial charge in [-0.1, -0.05) is 71.9 Å². The van der Waals surface area contributed by atoms with Crippen LogP contribution < -0.4 is 0 Å². The van der Waals surface area contributed by atoms with Gasteiger partial charge in [0.05, 0.1) is 36.9 Å². The number of ketones is 3. The smallest absolute Gasteiger partial charge is 0.329 e. The van der Waals surface area contributed by atoms with Crippen molar-refractivity contribution in [2.45, 2.75) is 174 Å². The third-order valence-electron chi connectivity index (χ3n) is 15.1. The molecule has 1 aliphatic carbocycles. The number of nitrogens with zero attached hydrogens (tertiary/aromatic N) is 1. The lowest BCUT2D eigenvalue weighted by molar-refractivity contribution is -0.265. The lowest BCUT2D eigenvalue weighted by Gasteiger charge is -2.42. The van der Waals surface area contributed by atoms with Crippen LogP contribution >= 0.6 is 0 Å². The Hall–Kier alpha value is -3.11. The number of ether oxygens (including phenoxy) is 3. The molecule has 2 bridgehead atoms. The van der Waals surface area contributed by atoms with Crippen LogP contribution in [0, 0.1) is 53.3 Å². The number of cyclic esters (lactones) is 1. The highest BCUT2D eigenvalue weighted by Crippen LogP contribution is 2.38. The zero-order chi connectivity index (χ0) is 48.2. The first kappa shape index (κ1) is 54.5. The summed E-state index contributed by atoms with van der Waals surface area (Å²) in [6.45, 7) is 12.1. The van der Waals surface area contributed by atoms with E-state index in [1.54, 1.807) is 34.8 Å². The minimum atomic E-state index is -2.44. The fraction of sp³-hybridized carbons (Fsp3) is 0.784. The van der Waals surface area contributed by atoms with Crippen molar-refractivity contribution in [1.29, 1.82) is 0 Å². The molecule has 3 heterocycles. The van der Waals surface area contributed by atoms with Gasteiger partial charge in [-0.25, -0.2) is 4.79 Å². The average Bonchev–Trinajstić information content (AvgIpc) is 3.28. The Morgan fingerprint density at radius 1 is 0.862 bits per heavy atom. The second-order valence-electron chi connectivity index (χ2n) is 20.4. The van der Waals surface area contributed by atoms with Crippen molar-refractivity contribution in [3.8, 4) is 0 Å². The summed E-state index contributed by atoms with van der Waals surface area (Å²) in [5.41, 5.74) is 0.870. The largest absolute Gasteiger partial charge is 0.460 e. The predicted molar refractivity (Wildman–Crippen MR) is 245 cm³/mol. The van der Waals surface area contributed by atoms with E-state index in [0.717, 1.165) is 5.57 Å². The molecule has 2 saturated heterocycles. The number of hydrogen-bond acceptors (Lipinski definition) is 13. The van der Waals surface area contributed by atoms with Gasteiger partial charge in [0.25, 0.3) is 11.7 Å². The molecule has 1 amide bonds. The molecule has 16 atom stereocenters. The first-order valence-corrected chi connectivity index (χ1v) is 24.4. The topological polar surface area (TPSA) is 217 Å². The molecule has 0 radical (unpaired) electrons. The van der Waals surface area contributed by atoms with E-state index in [0.29, 0.717) is 64.2 Å². The van der Waals surface area contributed by atoms with Crippen molar-refractivity contribution in [1.82, 2.24) is 4.90 Å². The number of amides is 1. The fourth-order valence-corrected chi connectivity index (χ4v) is 10.7. The normalized spacial score (nSPS) is 39.6. The highest BCUT2D eigenvalue weighted by atomic mass is 16.6. The first-order valence-electron chi connectivity index (χ1n) is 24.4. The molecule has 65 heavy (non-hydrogen) atoms. The molecule has 3 fully saturated rings. The lowest BCUT2D eigenvalue weighted by Crippen LogP contribution is -2.61. The molecule has 1 unspecified atom stereocenters. The molecule has 368 valence electrons. The molecule has 3 aliphatic heterocycles. The number of carbonyl (C=O) groups is 5. The molecule has 0 aromatic heterocycles. The van der Waals surface area contributed by atoms with Crippen LogP contribution in [-0.2, 0) is 38.2 Å². The molecule has 4 aliphatic rings. The standard InChI is InChI=1S/C51H81NO13/c1-30-14-10-9-11-15-31(2)44(63-8)26-39-19-17-36(7)51(62,65-39)48(59)49(60)52-21-13-12-16-41(52)50(61)64-45(33(4)24-37-18-20-42(55)38(25-37)28-53)27-43(56)32(3)23-35(6)47(58)40(29-54)46(57)34(5)22-30/h9-11,14-15,30,32-42,44-45,47,53-55,58,62H,12-13,16-29H2,1-8H3/b11-9?,14-10+,31-15?/t30-,32-,33-,34-,35?,36-,37+,38+,39+,40+,41+,42-,44+,45+,47-,51-/m1/s1. The summed E-state index contributed by atoms with van der Waals surface area (Å²) in [6, 6.07) is -1.15. The molecule has 0 aromatic rings. The van der Waals surface area contributed by atoms with Crippen LogP contribution in [0.25, 0.3) is 0 Å². The van der Waals surface area contributed by atoms with Crippen molar-refractivity contribution in [2.75, 3.05) is 26.9 Å². The van der Waals surface area contributed by atoms with Gasteiger partial charge in [-0.2, -0.15) is 0 Å². The Bertz CT molecular complexity index is 1690. The van der Waals surface area contributed by atoms with Crippen LogP contribution in [0.3, 0.4) is 0 Å². The molecule has 1 saturated carbocycles. The minimum absolute atomic E-state index is 0.00294. The summed E-state index contributed by atoms with van der Waals surface area (Å²) in [4.78, 5) is 71.7. The molecule has 0 aromatic carbocycles. The quantitative estimate of drug-likeness (QED) is 0.166. The van der Waals surface area contributed by atoms with E-state index in [-0.39, 0.29) is 67.7 Å². The Morgan fingerprint density at radius 3 is 2.26 bits per heavy atom. The molecular formula is C51H81NO13. The van der Waals surface area contributed by atoms with E-state index in [2.05, 4.69) is 0 Å². The van der Waals surface area contributed by atoms with Crippen LogP contribution in [0.1, 0.15) is 132 Å². The van der Waals surface area contributed by atoms with Gasteiger partial charge < -0.3 is 44.6 Å². The SMILES string of the molecule is CO[C@H]1C[C@@H]2CC[C@@H](C)[C@@](O)(O2)C(=O)C(=O)N2CCCC[C@H]2C(=O)O[C@H]([C@H](C)C[C@@H]2CC[C@@H](O)[C@H](CO)C2)CC(=O)[C@H](C)CC(C)[C@@H](O)[C@@H](CO)C(=O)[C@H](C)C[C@H](C)/C=C/C=CC=C1C. The van der Waals surface area contributed by atoms with E-state index >= 15 is 0 Å². The van der Waals surface area contributed by atoms with E-state index in [1.807, 2.05) is 51.2 Å². The molecule has 5 N–H and O–H groups in total. The van der Waals surface area contributed by atoms with E-state index in [1.165, 1.54) is 4.90 Å². The number of aliphatic hydroxyl groups excluding tert-OH is 4. The lowest BCUT2D eigenvalue weighted by atomic mass is 9.75. The van der Waals surface area contributed by atoms with Gasteiger partial charge in [-0.3, -0.25) is 19.2 Å². The fourth-order valence-electron chi connectivity index (χ4n) is 10.7. The maximum atomic E-state index is 14.4. The van der Waals surface area contributed by atoms with Gasteiger partial charge in [0.15, 0.2) is 0 Å². The molecule has 14 heteroatoms. The summed E-state index contributed by atoms with van der Waals surface area (Å²) in [6.07, 6.45) is 11.1. The second-order valence-corrected chi connectivity index (χ2v) is 20.4. The minimum Gasteiger partial charge on any atom is -0.460 e. The van der Waals surface area contributed by atoms with Crippen LogP contribution in [0.4, 0.5) is 0 Å². The van der Waals surface area contributed by atoms with Crippen molar-refractivity contribution in [3.63, 3.8) is 0 Å². The maximum Gasteiger partial charge on any atom is 0.329 e. The summed E-state index contributed by atoms with van der Waals surface area (Å²) in [5, 5.41) is 54.1. The number of hydrogen-bond donors (Lipinski definition) is 5. The zero-order valence-electron chi connectivity index (χ0n) is 40.3. The molecule has 0 spiro atoms. The van der Waals surface area contributed by atoms with Gasteiger partial charge in [0, 0.05) is 56.8 Å². The number of piperidine rings is 1. The van der Waals surface area contributed by atoms with Gasteiger partial charge in [-0.15, -0.1) is 0 Å². The zero-order valence-corrected chi connectivity index (χ0v) is 40.3. The summed E-state index contributed by atoms with van der Waals surface area (Å²) < 4.78 is 18.2. The number of carbonyl (C=O) groups excluding carboxylic acids is 5. The average molecular weight is 916 g/mol. The third-order valence-corrected chi connectivity index (χ3v) is 15.1. The maximum absolute atomic E-state index is 14.4. The highest BCUT2D eigenvalue weighted by molar-refractivity contribution is 6.39. The third kappa shape index (κ3) is 14.4. The van der Waals surface area contributed by atoms with Gasteiger partial charge in [0.1, 0.15) is 23.7 Å². The number of allylic oxidation sites excluding steroid dienone is 5. The number of aliphatic hydroxyl groups is 5. The Morgan fingerprint density at radius 2 is 1.58 bits per heavy atom. The van der Waals surface area contributed by atoms with Crippen LogP contribution in [0.2, 0.25) is 0 Å². The summed E-state index contributed by atoms with van der Waals surface area (Å²) in [5.74, 6) is -9.79. The summed E-state index contributed by atoms with van der Waals surface area (Å²) >= 11 is 0. The van der Waals surface area contributed by atoms with Crippen LogP contribution in [-0.4, -0.2) is 129 Å². The predicted octanol–water partition coefficient (Wildman–Crippen LogP) is 5.45. The van der Waals surface area contributed by atoms with Crippen LogP contribution in [0.15, 0.2) is 36.0 Å². The van der Waals surface area contributed by atoms with E-state index < -0.39 is 96.2 Å². The number of Topliss-reactive ketones (excluding diaryl/α,β-unsaturated/α-hetero) is 3. The molecule has 14 nitrogen and oxygen atoms in total. The Kier molecular flexibility index (Phi) is 21.2. The van der Waals surface area contributed by atoms with Crippen molar-refractivity contribution >= 4 is 29.2 Å². The van der Waals surface area contributed by atoms with Gasteiger partial charge in [-0.05, 0) is 107 Å². The molecule has 4 rings (SSSR count). The number of fused-ring (bicyclic) bond motifs is 3. The van der Waals surface area contributed by atoms with E-state index in [9.17, 15) is 49.5 Å². The Balaban J connectivity index is 1.68. The monoisotopic (exact) mass is 916 g/mol. The molecular weight excluding hydrogens is 835 g/mol. The first-order chi connectivity index (χ1) is 30.7. The number of methoxy groups -OCH3 is 1. The van der Waals surface area contributed by atoms with Gasteiger partial charge in [0.2, 0.25) is 5.79 Å². The Labute approximate surface area is 387 Å². The second kappa shape index (κ2) is 25.3. The summed E-state index contributed by atoms with van der Waals surface area (Å²) in [7, 11) is 1.57. The highest BCUT2D eigenvalue weighted by Gasteiger charge is 2.53. The number of esters is 1.